The van der Waals surface area contributed by atoms with Crippen molar-refractivity contribution in [1.29, 1.82) is 0 Å². The maximum Gasteiger partial charge on any atom is 0.410 e. The number of rotatable bonds is 5. The highest BCUT2D eigenvalue weighted by atomic mass is 16.6. The van der Waals surface area contributed by atoms with Crippen LogP contribution in [0.5, 0.6) is 0 Å². The highest BCUT2D eigenvalue weighted by Crippen LogP contribution is 2.31. The summed E-state index contributed by atoms with van der Waals surface area (Å²) in [5.41, 5.74) is 0.874. The zero-order chi connectivity index (χ0) is 25.1. The van der Waals surface area contributed by atoms with Gasteiger partial charge in [0.15, 0.2) is 0 Å². The van der Waals surface area contributed by atoms with Crippen molar-refractivity contribution in [2.24, 2.45) is 11.8 Å². The molecule has 1 unspecified atom stereocenters. The molecule has 3 amide bonds. The number of hydrogen-bond acceptors (Lipinski definition) is 5. The lowest BCUT2D eigenvalue weighted by Crippen LogP contribution is -2.44. The molecular weight excluding hydrogens is 434 g/mol. The summed E-state index contributed by atoms with van der Waals surface area (Å²) in [5, 5.41) is 5.74. The molecule has 0 aromatic heterocycles. The standard InChI is InChI=1S/C26H39N3O5/c1-25(2,3)33-22(30)20(19-11-13-29(16-19)24(32)34-26(4,5)6)15-17-8-7-9-18(14-17)21-10-12-27-23(31)28-21/h7-9,14,19-21H,10-13,15-16H2,1-6H3,(H2,27,28,31)/t19-,20-,21?/m0/s1. The van der Waals surface area contributed by atoms with Crippen molar-refractivity contribution in [3.63, 3.8) is 0 Å². The molecule has 2 heterocycles. The van der Waals surface area contributed by atoms with Crippen LogP contribution in [-0.2, 0) is 20.7 Å². The lowest BCUT2D eigenvalue weighted by molar-refractivity contribution is -0.161. The van der Waals surface area contributed by atoms with Gasteiger partial charge < -0.3 is 25.0 Å². The van der Waals surface area contributed by atoms with Gasteiger partial charge in [-0.3, -0.25) is 4.79 Å². The van der Waals surface area contributed by atoms with Crippen molar-refractivity contribution in [3.05, 3.63) is 35.4 Å². The zero-order valence-corrected chi connectivity index (χ0v) is 21.3. The Hall–Kier alpha value is -2.77. The van der Waals surface area contributed by atoms with Crippen molar-refractivity contribution < 1.29 is 23.9 Å². The third-order valence-electron chi connectivity index (χ3n) is 5.99. The lowest BCUT2D eigenvalue weighted by atomic mass is 9.85. The Bertz CT molecular complexity index is 902. The summed E-state index contributed by atoms with van der Waals surface area (Å²) in [6.45, 7) is 12.8. The second-order valence-corrected chi connectivity index (χ2v) is 11.3. The van der Waals surface area contributed by atoms with Gasteiger partial charge in [0.05, 0.1) is 12.0 Å². The average Bonchev–Trinajstić information content (AvgIpc) is 3.20. The topological polar surface area (TPSA) is 97.0 Å². The second-order valence-electron chi connectivity index (χ2n) is 11.3. The van der Waals surface area contributed by atoms with Gasteiger partial charge in [-0.05, 0) is 77.8 Å². The number of esters is 1. The summed E-state index contributed by atoms with van der Waals surface area (Å²) in [6, 6.07) is 7.82. The minimum Gasteiger partial charge on any atom is -0.460 e. The van der Waals surface area contributed by atoms with E-state index in [0.29, 0.717) is 32.5 Å². The predicted octanol–water partition coefficient (Wildman–Crippen LogP) is 4.19. The quantitative estimate of drug-likeness (QED) is 0.625. The number of carbonyl (C=O) groups is 3. The minimum atomic E-state index is -0.597. The lowest BCUT2D eigenvalue weighted by Gasteiger charge is -2.28. The summed E-state index contributed by atoms with van der Waals surface area (Å²) < 4.78 is 11.3. The van der Waals surface area contributed by atoms with Gasteiger partial charge in [0, 0.05) is 19.6 Å². The molecule has 8 nitrogen and oxygen atoms in total. The number of amides is 3. The zero-order valence-electron chi connectivity index (χ0n) is 21.3. The number of nitrogens with zero attached hydrogens (tertiary/aromatic N) is 1. The third-order valence-corrected chi connectivity index (χ3v) is 5.99. The van der Waals surface area contributed by atoms with Crippen molar-refractivity contribution in [2.75, 3.05) is 19.6 Å². The van der Waals surface area contributed by atoms with E-state index in [1.807, 2.05) is 59.7 Å². The van der Waals surface area contributed by atoms with E-state index in [-0.39, 0.29) is 36.0 Å². The molecular formula is C26H39N3O5. The van der Waals surface area contributed by atoms with E-state index in [2.05, 4.69) is 16.7 Å². The molecule has 0 spiro atoms. The number of hydrogen-bond donors (Lipinski definition) is 2. The highest BCUT2D eigenvalue weighted by molar-refractivity contribution is 5.75. The Morgan fingerprint density at radius 3 is 2.44 bits per heavy atom. The van der Waals surface area contributed by atoms with Crippen LogP contribution in [0.15, 0.2) is 24.3 Å². The molecule has 2 aliphatic rings. The third kappa shape index (κ3) is 7.37. The number of urea groups is 1. The molecule has 34 heavy (non-hydrogen) atoms. The normalized spacial score (nSPS) is 21.9. The summed E-state index contributed by atoms with van der Waals surface area (Å²) >= 11 is 0. The molecule has 188 valence electrons. The molecule has 0 radical (unpaired) electrons. The van der Waals surface area contributed by atoms with Crippen LogP contribution in [0.3, 0.4) is 0 Å². The summed E-state index contributed by atoms with van der Waals surface area (Å²) in [6.07, 6.45) is 1.68. The molecule has 0 aliphatic carbocycles. The summed E-state index contributed by atoms with van der Waals surface area (Å²) in [4.78, 5) is 39.3. The fourth-order valence-electron chi connectivity index (χ4n) is 4.48. The van der Waals surface area contributed by atoms with Crippen LogP contribution < -0.4 is 10.6 Å². The monoisotopic (exact) mass is 473 g/mol. The van der Waals surface area contributed by atoms with Gasteiger partial charge in [0.25, 0.3) is 0 Å². The fraction of sp³-hybridized carbons (Fsp3) is 0.654. The van der Waals surface area contributed by atoms with Gasteiger partial charge in [-0.2, -0.15) is 0 Å². The molecule has 2 N–H and O–H groups in total. The Morgan fingerprint density at radius 1 is 1.09 bits per heavy atom. The van der Waals surface area contributed by atoms with Gasteiger partial charge >= 0.3 is 18.1 Å². The van der Waals surface area contributed by atoms with Crippen molar-refractivity contribution >= 4 is 18.1 Å². The highest BCUT2D eigenvalue weighted by Gasteiger charge is 2.39. The fourth-order valence-corrected chi connectivity index (χ4v) is 4.48. The first-order chi connectivity index (χ1) is 15.8. The Labute approximate surface area is 202 Å². The molecule has 0 saturated carbocycles. The van der Waals surface area contributed by atoms with Crippen LogP contribution in [0.4, 0.5) is 9.59 Å². The van der Waals surface area contributed by atoms with Crippen LogP contribution in [0, 0.1) is 11.8 Å². The molecule has 3 rings (SSSR count). The van der Waals surface area contributed by atoms with Gasteiger partial charge in [0.2, 0.25) is 0 Å². The number of benzene rings is 1. The number of ether oxygens (including phenoxy) is 2. The van der Waals surface area contributed by atoms with E-state index in [1.54, 1.807) is 4.90 Å². The van der Waals surface area contributed by atoms with Crippen molar-refractivity contribution in [1.82, 2.24) is 15.5 Å². The minimum absolute atomic E-state index is 0.0235. The number of nitrogens with one attached hydrogen (secondary N) is 2. The van der Waals surface area contributed by atoms with E-state index in [4.69, 9.17) is 9.47 Å². The summed E-state index contributed by atoms with van der Waals surface area (Å²) in [5.74, 6) is -0.654. The molecule has 2 saturated heterocycles. The molecule has 2 fully saturated rings. The largest absolute Gasteiger partial charge is 0.460 e. The van der Waals surface area contributed by atoms with E-state index < -0.39 is 11.2 Å². The van der Waals surface area contributed by atoms with Gasteiger partial charge in [0.1, 0.15) is 11.2 Å². The van der Waals surface area contributed by atoms with E-state index in [1.165, 1.54) is 0 Å². The molecule has 0 bridgehead atoms. The van der Waals surface area contributed by atoms with E-state index in [9.17, 15) is 14.4 Å². The Balaban J connectivity index is 1.77. The SMILES string of the molecule is CC(C)(C)OC(=O)[C@@H](Cc1cccc(C2CCNC(=O)N2)c1)[C@H]1CCN(C(=O)OC(C)(C)C)C1. The van der Waals surface area contributed by atoms with Crippen LogP contribution in [0.25, 0.3) is 0 Å². The maximum atomic E-state index is 13.3. The van der Waals surface area contributed by atoms with Crippen LogP contribution >= 0.6 is 0 Å². The smallest absolute Gasteiger partial charge is 0.410 e. The first-order valence-corrected chi connectivity index (χ1v) is 12.1. The van der Waals surface area contributed by atoms with Crippen LogP contribution in [-0.4, -0.2) is 53.8 Å². The molecule has 1 aromatic rings. The first-order valence-electron chi connectivity index (χ1n) is 12.1. The first kappa shape index (κ1) is 25.8. The predicted molar refractivity (Wildman–Crippen MR) is 129 cm³/mol. The number of carbonyl (C=O) groups excluding carboxylic acids is 3. The second kappa shape index (κ2) is 10.2. The van der Waals surface area contributed by atoms with E-state index >= 15 is 0 Å². The Kier molecular flexibility index (Phi) is 7.78. The molecule has 8 heteroatoms. The van der Waals surface area contributed by atoms with Crippen LogP contribution in [0.1, 0.15) is 71.6 Å². The summed E-state index contributed by atoms with van der Waals surface area (Å²) in [7, 11) is 0. The van der Waals surface area contributed by atoms with Gasteiger partial charge in [-0.1, -0.05) is 24.3 Å². The average molecular weight is 474 g/mol. The molecule has 1 aromatic carbocycles. The van der Waals surface area contributed by atoms with Crippen molar-refractivity contribution in [2.45, 2.75) is 78.0 Å². The Morgan fingerprint density at radius 2 is 1.79 bits per heavy atom. The van der Waals surface area contributed by atoms with Crippen LogP contribution in [0.2, 0.25) is 0 Å². The maximum absolute atomic E-state index is 13.3. The van der Waals surface area contributed by atoms with Crippen molar-refractivity contribution in [3.8, 4) is 0 Å². The molecule has 2 aliphatic heterocycles. The number of likely N-dealkylation sites (tertiary alicyclic amines) is 1. The van der Waals surface area contributed by atoms with E-state index in [0.717, 1.165) is 17.5 Å². The molecule has 3 atom stereocenters. The van der Waals surface area contributed by atoms with Gasteiger partial charge in [-0.25, -0.2) is 9.59 Å². The van der Waals surface area contributed by atoms with Gasteiger partial charge in [-0.15, -0.1) is 0 Å².